The van der Waals surface area contributed by atoms with Crippen molar-refractivity contribution < 1.29 is 0 Å². The molecule has 1 aromatic heterocycles. The van der Waals surface area contributed by atoms with Crippen molar-refractivity contribution in [2.45, 2.75) is 70.3 Å². The fraction of sp³-hybridized carbons (Fsp3) is 0.800. The number of aryl methyl sites for hydroxylation is 1. The maximum Gasteiger partial charge on any atom is 0.123 e. The van der Waals surface area contributed by atoms with Crippen molar-refractivity contribution in [3.63, 3.8) is 0 Å². The lowest BCUT2D eigenvalue weighted by molar-refractivity contribution is 0.397. The fourth-order valence-electron chi connectivity index (χ4n) is 3.52. The minimum absolute atomic E-state index is 0.467. The Labute approximate surface area is 110 Å². The second-order valence-corrected chi connectivity index (χ2v) is 5.97. The summed E-state index contributed by atoms with van der Waals surface area (Å²) in [6, 6.07) is 0.467. The van der Waals surface area contributed by atoms with Crippen LogP contribution in [0, 0.1) is 6.92 Å². The zero-order valence-electron chi connectivity index (χ0n) is 11.5. The van der Waals surface area contributed by atoms with E-state index in [-0.39, 0.29) is 0 Å². The molecule has 1 aliphatic carbocycles. The molecule has 3 rings (SSSR count). The summed E-state index contributed by atoms with van der Waals surface area (Å²) in [5.41, 5.74) is 2.67. The van der Waals surface area contributed by atoms with Crippen molar-refractivity contribution in [2.24, 2.45) is 0 Å². The molecule has 0 spiro atoms. The van der Waals surface area contributed by atoms with E-state index in [0.717, 1.165) is 6.54 Å². The van der Waals surface area contributed by atoms with Crippen LogP contribution >= 0.6 is 0 Å². The molecule has 2 N–H and O–H groups in total. The highest BCUT2D eigenvalue weighted by atomic mass is 15.0. The molecule has 1 aliphatic heterocycles. The monoisotopic (exact) mass is 247 g/mol. The third kappa shape index (κ3) is 2.46. The van der Waals surface area contributed by atoms with E-state index >= 15 is 0 Å². The minimum atomic E-state index is 0.467. The number of rotatable bonds is 2. The van der Waals surface area contributed by atoms with Crippen LogP contribution in [0.1, 0.15) is 80.5 Å². The molecular formula is C15H25N3. The molecule has 0 amide bonds. The molecule has 0 bridgehead atoms. The number of hydrogen-bond acceptors (Lipinski definition) is 2. The van der Waals surface area contributed by atoms with E-state index < -0.39 is 0 Å². The first-order valence-electron chi connectivity index (χ1n) is 7.64. The van der Waals surface area contributed by atoms with Crippen molar-refractivity contribution in [1.29, 1.82) is 0 Å². The second-order valence-electron chi connectivity index (χ2n) is 5.97. The summed E-state index contributed by atoms with van der Waals surface area (Å²) in [7, 11) is 0. The molecule has 1 saturated carbocycles. The maximum atomic E-state index is 4.94. The molecule has 3 nitrogen and oxygen atoms in total. The van der Waals surface area contributed by atoms with E-state index in [1.54, 1.807) is 0 Å². The predicted octanol–water partition coefficient (Wildman–Crippen LogP) is 3.58. The Morgan fingerprint density at radius 3 is 2.50 bits per heavy atom. The first-order valence-corrected chi connectivity index (χ1v) is 7.64. The number of hydrogen-bond donors (Lipinski definition) is 2. The van der Waals surface area contributed by atoms with Crippen molar-refractivity contribution in [1.82, 2.24) is 15.3 Å². The van der Waals surface area contributed by atoms with Gasteiger partial charge in [0.05, 0.1) is 11.7 Å². The van der Waals surface area contributed by atoms with Gasteiger partial charge in [-0.05, 0) is 39.2 Å². The third-order valence-electron chi connectivity index (χ3n) is 4.57. The molecule has 0 aromatic carbocycles. The number of aromatic nitrogens is 2. The van der Waals surface area contributed by atoms with Crippen LogP contribution < -0.4 is 5.32 Å². The first kappa shape index (κ1) is 12.2. The predicted molar refractivity (Wildman–Crippen MR) is 73.7 cm³/mol. The molecule has 100 valence electrons. The number of aromatic amines is 1. The van der Waals surface area contributed by atoms with Gasteiger partial charge < -0.3 is 10.3 Å². The van der Waals surface area contributed by atoms with Crippen LogP contribution in [0.25, 0.3) is 0 Å². The van der Waals surface area contributed by atoms with Gasteiger partial charge in [0.2, 0.25) is 0 Å². The molecule has 1 unspecified atom stereocenters. The number of imidazole rings is 1. The van der Waals surface area contributed by atoms with Crippen LogP contribution in [0.3, 0.4) is 0 Å². The Bertz CT molecular complexity index is 384. The van der Waals surface area contributed by atoms with Crippen LogP contribution in [-0.4, -0.2) is 16.5 Å². The lowest BCUT2D eigenvalue weighted by Crippen LogP contribution is -2.27. The molecule has 2 fully saturated rings. The highest BCUT2D eigenvalue weighted by molar-refractivity contribution is 5.20. The minimum Gasteiger partial charge on any atom is -0.345 e. The van der Waals surface area contributed by atoms with E-state index in [4.69, 9.17) is 4.98 Å². The number of nitrogens with one attached hydrogen (secondary N) is 2. The van der Waals surface area contributed by atoms with Gasteiger partial charge in [0.15, 0.2) is 0 Å². The van der Waals surface area contributed by atoms with Gasteiger partial charge in [-0.25, -0.2) is 4.98 Å². The van der Waals surface area contributed by atoms with Gasteiger partial charge in [0, 0.05) is 11.6 Å². The van der Waals surface area contributed by atoms with Gasteiger partial charge in [0.25, 0.3) is 0 Å². The molecule has 2 aliphatic rings. The zero-order chi connectivity index (χ0) is 12.4. The van der Waals surface area contributed by atoms with Gasteiger partial charge in [-0.15, -0.1) is 0 Å². The smallest absolute Gasteiger partial charge is 0.123 e. The van der Waals surface area contributed by atoms with Crippen molar-refractivity contribution >= 4 is 0 Å². The molecule has 1 atom stereocenters. The third-order valence-corrected chi connectivity index (χ3v) is 4.57. The van der Waals surface area contributed by atoms with Crippen LogP contribution in [0.2, 0.25) is 0 Å². The molecule has 1 saturated heterocycles. The summed E-state index contributed by atoms with van der Waals surface area (Å²) in [4.78, 5) is 8.48. The van der Waals surface area contributed by atoms with Crippen molar-refractivity contribution in [2.75, 3.05) is 6.54 Å². The average molecular weight is 247 g/mol. The van der Waals surface area contributed by atoms with Gasteiger partial charge in [-0.1, -0.05) is 25.7 Å². The highest BCUT2D eigenvalue weighted by Gasteiger charge is 2.24. The Hall–Kier alpha value is -0.830. The summed E-state index contributed by atoms with van der Waals surface area (Å²) >= 11 is 0. The van der Waals surface area contributed by atoms with Gasteiger partial charge in [-0.2, -0.15) is 0 Å². The summed E-state index contributed by atoms with van der Waals surface area (Å²) in [5, 5.41) is 3.59. The topological polar surface area (TPSA) is 40.7 Å². The number of nitrogens with zero attached hydrogens (tertiary/aromatic N) is 1. The SMILES string of the molecule is Cc1[nH]c(C2CCCCN2)nc1C1CCCCC1. The van der Waals surface area contributed by atoms with Crippen molar-refractivity contribution in [3.8, 4) is 0 Å². The van der Waals surface area contributed by atoms with Crippen LogP contribution in [0.4, 0.5) is 0 Å². The van der Waals surface area contributed by atoms with Gasteiger partial charge in [0.1, 0.15) is 5.82 Å². The molecule has 2 heterocycles. The Balaban J connectivity index is 1.76. The maximum absolute atomic E-state index is 4.94. The molecule has 18 heavy (non-hydrogen) atoms. The Morgan fingerprint density at radius 2 is 1.78 bits per heavy atom. The van der Waals surface area contributed by atoms with Gasteiger partial charge in [-0.3, -0.25) is 0 Å². The van der Waals surface area contributed by atoms with E-state index in [1.807, 2.05) is 0 Å². The second kappa shape index (κ2) is 5.43. The lowest BCUT2D eigenvalue weighted by Gasteiger charge is -2.22. The largest absolute Gasteiger partial charge is 0.345 e. The average Bonchev–Trinajstić information content (AvgIpc) is 2.83. The normalized spacial score (nSPS) is 26.4. The summed E-state index contributed by atoms with van der Waals surface area (Å²) < 4.78 is 0. The van der Waals surface area contributed by atoms with E-state index in [2.05, 4.69) is 17.2 Å². The summed E-state index contributed by atoms with van der Waals surface area (Å²) in [5.74, 6) is 1.90. The molecular weight excluding hydrogens is 222 g/mol. The van der Waals surface area contributed by atoms with Crippen LogP contribution in [0.15, 0.2) is 0 Å². The Morgan fingerprint density at radius 1 is 1.00 bits per heavy atom. The van der Waals surface area contributed by atoms with Crippen molar-refractivity contribution in [3.05, 3.63) is 17.2 Å². The standard InChI is InChI=1S/C15H25N3/c1-11-14(12-7-3-2-4-8-12)18-15(17-11)13-9-5-6-10-16-13/h12-13,16H,2-10H2,1H3,(H,17,18). The van der Waals surface area contributed by atoms with E-state index in [0.29, 0.717) is 12.0 Å². The number of piperidine rings is 1. The fourth-order valence-corrected chi connectivity index (χ4v) is 3.52. The number of H-pyrrole nitrogens is 1. The molecule has 1 aromatic rings. The quantitative estimate of drug-likeness (QED) is 0.838. The van der Waals surface area contributed by atoms with Gasteiger partial charge >= 0.3 is 0 Å². The van der Waals surface area contributed by atoms with Crippen LogP contribution in [-0.2, 0) is 0 Å². The van der Waals surface area contributed by atoms with Crippen LogP contribution in [0.5, 0.6) is 0 Å². The zero-order valence-corrected chi connectivity index (χ0v) is 11.5. The summed E-state index contributed by atoms with van der Waals surface area (Å²) in [6.45, 7) is 3.34. The van der Waals surface area contributed by atoms with E-state index in [9.17, 15) is 0 Å². The molecule has 3 heteroatoms. The van der Waals surface area contributed by atoms with E-state index in [1.165, 1.54) is 68.6 Å². The molecule has 0 radical (unpaired) electrons. The first-order chi connectivity index (χ1) is 8.84. The Kier molecular flexibility index (Phi) is 3.69. The lowest BCUT2D eigenvalue weighted by atomic mass is 9.86. The highest BCUT2D eigenvalue weighted by Crippen LogP contribution is 2.34. The summed E-state index contributed by atoms with van der Waals surface area (Å²) in [6.07, 6.45) is 10.7.